The minimum absolute atomic E-state index is 0.0680. The Morgan fingerprint density at radius 3 is 2.76 bits per heavy atom. The van der Waals surface area contributed by atoms with Crippen molar-refractivity contribution < 1.29 is 19.5 Å². The lowest BCUT2D eigenvalue weighted by molar-refractivity contribution is 0.0650. The summed E-state index contributed by atoms with van der Waals surface area (Å²) in [7, 11) is 0. The Morgan fingerprint density at radius 2 is 2.06 bits per heavy atom. The van der Waals surface area contributed by atoms with Gasteiger partial charge in [-0.25, -0.2) is 4.98 Å². The van der Waals surface area contributed by atoms with Crippen LogP contribution in [-0.4, -0.2) is 62.1 Å². The summed E-state index contributed by atoms with van der Waals surface area (Å²) in [6.07, 6.45) is 2.27. The molecule has 33 heavy (non-hydrogen) atoms. The number of pyridine rings is 1. The summed E-state index contributed by atoms with van der Waals surface area (Å²) in [4.78, 5) is 10.9. The number of nitriles is 1. The molecule has 172 valence electrons. The number of rotatable bonds is 7. The second kappa shape index (κ2) is 9.67. The molecule has 9 heteroatoms. The Kier molecular flexibility index (Phi) is 6.70. The molecule has 0 bridgehead atoms. The molecular weight excluding hydrogens is 422 g/mol. The zero-order valence-electron chi connectivity index (χ0n) is 18.9. The van der Waals surface area contributed by atoms with Gasteiger partial charge in [-0.15, -0.1) is 0 Å². The van der Waals surface area contributed by atoms with Crippen LogP contribution >= 0.6 is 0 Å². The average molecular weight is 450 g/mol. The van der Waals surface area contributed by atoms with Crippen LogP contribution in [0.5, 0.6) is 5.88 Å². The van der Waals surface area contributed by atoms with Gasteiger partial charge in [-0.3, -0.25) is 4.90 Å². The van der Waals surface area contributed by atoms with E-state index >= 15 is 0 Å². The summed E-state index contributed by atoms with van der Waals surface area (Å²) in [6.45, 7) is 7.08. The second-order valence-electron chi connectivity index (χ2n) is 8.39. The third-order valence-electron chi connectivity index (χ3n) is 5.89. The molecule has 3 aromatic rings. The topological polar surface area (TPSA) is 129 Å². The van der Waals surface area contributed by atoms with Gasteiger partial charge in [-0.1, -0.05) is 17.3 Å². The third kappa shape index (κ3) is 4.59. The monoisotopic (exact) mass is 449 g/mol. The maximum atomic E-state index is 9.50. The normalized spacial score (nSPS) is 13.9. The Balaban J connectivity index is 1.61. The summed E-state index contributed by atoms with van der Waals surface area (Å²) < 4.78 is 11.1. The predicted molar refractivity (Wildman–Crippen MR) is 120 cm³/mol. The van der Waals surface area contributed by atoms with Gasteiger partial charge in [0.15, 0.2) is 0 Å². The van der Waals surface area contributed by atoms with E-state index in [0.29, 0.717) is 23.5 Å². The number of aromatic nitrogens is 3. The van der Waals surface area contributed by atoms with E-state index in [2.05, 4.69) is 26.1 Å². The number of aliphatic hydroxyl groups excluding tert-OH is 2. The van der Waals surface area contributed by atoms with E-state index < -0.39 is 0 Å². The summed E-state index contributed by atoms with van der Waals surface area (Å²) in [5, 5.41) is 32.6. The molecule has 0 aliphatic carbocycles. The number of benzene rings is 1. The van der Waals surface area contributed by atoms with E-state index in [4.69, 9.17) is 9.26 Å². The SMILES string of the molecule is Cc1c(-c2noc(-c3cnc(OC(C)C)c(C#N)c3)n2)ccc2c1CCN(C(CO)CO)C2. The Bertz CT molecular complexity index is 1180. The van der Waals surface area contributed by atoms with Gasteiger partial charge in [0.05, 0.1) is 30.9 Å². The van der Waals surface area contributed by atoms with E-state index in [-0.39, 0.29) is 37.1 Å². The molecule has 0 saturated carbocycles. The minimum atomic E-state index is -0.248. The minimum Gasteiger partial charge on any atom is -0.474 e. The van der Waals surface area contributed by atoms with Gasteiger partial charge in [0.25, 0.3) is 5.89 Å². The van der Waals surface area contributed by atoms with Gasteiger partial charge in [-0.05, 0) is 49.9 Å². The van der Waals surface area contributed by atoms with Crippen LogP contribution in [-0.2, 0) is 13.0 Å². The van der Waals surface area contributed by atoms with Gasteiger partial charge in [0.2, 0.25) is 11.7 Å². The smallest absolute Gasteiger partial charge is 0.259 e. The zero-order valence-corrected chi connectivity index (χ0v) is 18.9. The summed E-state index contributed by atoms with van der Waals surface area (Å²) in [5.41, 5.74) is 5.22. The molecule has 2 N–H and O–H groups in total. The van der Waals surface area contributed by atoms with Crippen molar-refractivity contribution in [1.29, 1.82) is 5.26 Å². The van der Waals surface area contributed by atoms with E-state index in [9.17, 15) is 15.5 Å². The lowest BCUT2D eigenvalue weighted by atomic mass is 9.91. The largest absolute Gasteiger partial charge is 0.474 e. The average Bonchev–Trinajstić information content (AvgIpc) is 3.30. The molecule has 4 rings (SSSR count). The highest BCUT2D eigenvalue weighted by Gasteiger charge is 2.25. The first-order chi connectivity index (χ1) is 15.9. The van der Waals surface area contributed by atoms with Crippen LogP contribution < -0.4 is 4.74 Å². The number of fused-ring (bicyclic) bond motifs is 1. The molecule has 2 aromatic heterocycles. The second-order valence-corrected chi connectivity index (χ2v) is 8.39. The van der Waals surface area contributed by atoms with Crippen molar-refractivity contribution in [3.63, 3.8) is 0 Å². The lowest BCUT2D eigenvalue weighted by Gasteiger charge is -2.34. The maximum Gasteiger partial charge on any atom is 0.259 e. The molecule has 0 amide bonds. The van der Waals surface area contributed by atoms with Crippen LogP contribution in [0.2, 0.25) is 0 Å². The fourth-order valence-corrected chi connectivity index (χ4v) is 4.12. The van der Waals surface area contributed by atoms with Crippen molar-refractivity contribution in [3.05, 3.63) is 46.6 Å². The molecule has 0 spiro atoms. The number of aliphatic hydroxyl groups is 2. The number of hydrogen-bond acceptors (Lipinski definition) is 9. The molecule has 0 saturated heterocycles. The van der Waals surface area contributed by atoms with E-state index in [1.165, 1.54) is 11.1 Å². The van der Waals surface area contributed by atoms with E-state index in [1.54, 1.807) is 12.3 Å². The highest BCUT2D eigenvalue weighted by molar-refractivity contribution is 5.66. The van der Waals surface area contributed by atoms with E-state index in [0.717, 1.165) is 24.1 Å². The maximum absolute atomic E-state index is 9.50. The van der Waals surface area contributed by atoms with Crippen LogP contribution in [0.15, 0.2) is 28.9 Å². The molecule has 0 radical (unpaired) electrons. The molecule has 9 nitrogen and oxygen atoms in total. The first-order valence-corrected chi connectivity index (χ1v) is 10.9. The molecule has 1 aliphatic rings. The van der Waals surface area contributed by atoms with Gasteiger partial charge in [0, 0.05) is 24.8 Å². The van der Waals surface area contributed by atoms with Crippen LogP contribution in [0.25, 0.3) is 22.8 Å². The highest BCUT2D eigenvalue weighted by atomic mass is 16.5. The Hall–Kier alpha value is -3.32. The van der Waals surface area contributed by atoms with Crippen molar-refractivity contribution in [2.75, 3.05) is 19.8 Å². The quantitative estimate of drug-likeness (QED) is 0.559. The fourth-order valence-electron chi connectivity index (χ4n) is 4.12. The molecule has 0 atom stereocenters. The van der Waals surface area contributed by atoms with Gasteiger partial charge in [-0.2, -0.15) is 10.2 Å². The molecule has 0 fully saturated rings. The highest BCUT2D eigenvalue weighted by Crippen LogP contribution is 2.32. The predicted octanol–water partition coefficient (Wildman–Crippen LogP) is 2.48. The van der Waals surface area contributed by atoms with E-state index in [1.807, 2.05) is 32.9 Å². The summed E-state index contributed by atoms with van der Waals surface area (Å²) in [5.74, 6) is 1.03. The molecule has 1 aliphatic heterocycles. The lowest BCUT2D eigenvalue weighted by Crippen LogP contribution is -2.43. The summed E-state index contributed by atoms with van der Waals surface area (Å²) >= 11 is 0. The fraction of sp³-hybridized carbons (Fsp3) is 0.417. The first-order valence-electron chi connectivity index (χ1n) is 10.9. The van der Waals surface area contributed by atoms with Crippen molar-refractivity contribution in [1.82, 2.24) is 20.0 Å². The first kappa shape index (κ1) is 22.9. The molecule has 3 heterocycles. The Labute approximate surface area is 192 Å². The van der Waals surface area contributed by atoms with Gasteiger partial charge < -0.3 is 19.5 Å². The van der Waals surface area contributed by atoms with Crippen LogP contribution in [0.4, 0.5) is 0 Å². The molecule has 1 aromatic carbocycles. The number of ether oxygens (including phenoxy) is 1. The third-order valence-corrected chi connectivity index (χ3v) is 5.89. The van der Waals surface area contributed by atoms with Gasteiger partial charge >= 0.3 is 0 Å². The number of hydrogen-bond donors (Lipinski definition) is 2. The van der Waals surface area contributed by atoms with Crippen LogP contribution in [0.1, 0.15) is 36.1 Å². The molecule has 0 unspecified atom stereocenters. The van der Waals surface area contributed by atoms with Crippen molar-refractivity contribution in [2.24, 2.45) is 0 Å². The van der Waals surface area contributed by atoms with Crippen molar-refractivity contribution in [3.8, 4) is 34.8 Å². The number of nitrogens with zero attached hydrogens (tertiary/aromatic N) is 5. The summed E-state index contributed by atoms with van der Waals surface area (Å²) in [6, 6.07) is 7.50. The zero-order chi connectivity index (χ0) is 23.5. The van der Waals surface area contributed by atoms with Crippen LogP contribution in [0.3, 0.4) is 0 Å². The van der Waals surface area contributed by atoms with Crippen molar-refractivity contribution in [2.45, 2.75) is 45.9 Å². The van der Waals surface area contributed by atoms with Crippen molar-refractivity contribution >= 4 is 0 Å². The van der Waals surface area contributed by atoms with Gasteiger partial charge in [0.1, 0.15) is 11.6 Å². The standard InChI is InChI=1S/C24H27N5O4/c1-14(2)32-23-17(9-25)8-18(10-26-23)24-27-22(28-33-24)21-5-4-16-11-29(19(12-30)13-31)7-6-20(16)15(21)3/h4-5,8,10,14,19,30-31H,6-7,11-13H2,1-3H3. The van der Waals surface area contributed by atoms with Crippen LogP contribution in [0, 0.1) is 18.3 Å². The Morgan fingerprint density at radius 1 is 1.27 bits per heavy atom. The molecular formula is C24H27N5O4.